The van der Waals surface area contributed by atoms with E-state index in [0.29, 0.717) is 0 Å². The predicted molar refractivity (Wildman–Crippen MR) is 71.5 cm³/mol. The molecule has 0 amide bonds. The Balaban J connectivity index is 0.000000807. The van der Waals surface area contributed by atoms with Crippen molar-refractivity contribution in [1.29, 1.82) is 0 Å². The molecule has 4 aromatic rings. The summed E-state index contributed by atoms with van der Waals surface area (Å²) in [5, 5.41) is 0. The molecule has 2 heterocycles. The zero-order chi connectivity index (χ0) is 12.7. The third kappa shape index (κ3) is 3.20. The Morgan fingerprint density at radius 3 is 1.52 bits per heavy atom. The molecule has 0 aliphatic carbocycles. The number of rotatable bonds is 2. The predicted octanol–water partition coefficient (Wildman–Crippen LogP) is -4.52. The standard InChI is InChI=1S/2C7H5N2.2ClH.Hf/c2*1-2-4-7-6(3-1)8-5-9-7;;;/h2*1-4H,(H,8,9);2*1H;/q;;;;+2/p-2. The number of fused-ring (bicyclic) bond motifs is 2. The Hall–Kier alpha value is -1.17. The van der Waals surface area contributed by atoms with Crippen molar-refractivity contribution < 1.29 is 47.7 Å². The fourth-order valence-corrected chi connectivity index (χ4v) is 5.63. The van der Waals surface area contributed by atoms with Crippen molar-refractivity contribution in [2.24, 2.45) is 0 Å². The molecule has 0 aliphatic heterocycles. The van der Waals surface area contributed by atoms with Gasteiger partial charge < -0.3 is 24.8 Å². The molecule has 0 atom stereocenters. The molecule has 104 valence electrons. The Morgan fingerprint density at radius 2 is 1.10 bits per heavy atom. The molecule has 2 N–H and O–H groups in total. The van der Waals surface area contributed by atoms with E-state index >= 15 is 0 Å². The number of nitrogens with zero attached hydrogens (tertiary/aromatic N) is 2. The van der Waals surface area contributed by atoms with Gasteiger partial charge >= 0.3 is 121 Å². The first kappa shape index (κ1) is 16.2. The van der Waals surface area contributed by atoms with Crippen LogP contribution in [-0.2, 0) is 22.9 Å². The number of hydrogen-bond acceptors (Lipinski definition) is 2. The molecule has 2 aromatic heterocycles. The molecule has 0 bridgehead atoms. The summed E-state index contributed by atoms with van der Waals surface area (Å²) in [5.74, 6) is 0. The zero-order valence-electron chi connectivity index (χ0n) is 10.8. The van der Waals surface area contributed by atoms with Gasteiger partial charge in [0, 0.05) is 0 Å². The van der Waals surface area contributed by atoms with Gasteiger partial charge in [-0.05, 0) is 0 Å². The summed E-state index contributed by atoms with van der Waals surface area (Å²) in [7, 11) is 0. The number of imidazole rings is 2. The summed E-state index contributed by atoms with van der Waals surface area (Å²) in [6.45, 7) is 0. The van der Waals surface area contributed by atoms with Crippen LogP contribution in [0.1, 0.15) is 0 Å². The minimum atomic E-state index is -1.23. The maximum atomic E-state index is 4.65. The van der Waals surface area contributed by atoms with Crippen molar-refractivity contribution in [2.75, 3.05) is 0 Å². The minimum absolute atomic E-state index is 0. The van der Waals surface area contributed by atoms with Crippen molar-refractivity contribution in [3.8, 4) is 0 Å². The molecule has 4 nitrogen and oxygen atoms in total. The summed E-state index contributed by atoms with van der Waals surface area (Å²) in [6, 6.07) is 16.3. The number of benzene rings is 2. The van der Waals surface area contributed by atoms with Crippen LogP contribution < -0.4 is 32.0 Å². The van der Waals surface area contributed by atoms with Crippen LogP contribution in [0.5, 0.6) is 0 Å². The van der Waals surface area contributed by atoms with Crippen molar-refractivity contribution >= 4 is 29.2 Å². The van der Waals surface area contributed by atoms with Crippen molar-refractivity contribution in [3.63, 3.8) is 0 Å². The van der Waals surface area contributed by atoms with Gasteiger partial charge in [0.1, 0.15) is 0 Å². The van der Waals surface area contributed by atoms with Gasteiger partial charge in [0.05, 0.1) is 0 Å². The monoisotopic (exact) mass is 484 g/mol. The molecule has 4 rings (SSSR count). The number of hydrogen-bond donors (Lipinski definition) is 2. The van der Waals surface area contributed by atoms with Gasteiger partial charge in [-0.25, -0.2) is 0 Å². The average molecular weight is 484 g/mol. The van der Waals surface area contributed by atoms with Gasteiger partial charge in [-0.1, -0.05) is 0 Å². The third-order valence-corrected chi connectivity index (χ3v) is 6.42. The summed E-state index contributed by atoms with van der Waals surface area (Å²) < 4.78 is 2.25. The zero-order valence-corrected chi connectivity index (χ0v) is 15.9. The first-order valence-corrected chi connectivity index (χ1v) is 9.64. The Kier molecular flexibility index (Phi) is 5.19. The van der Waals surface area contributed by atoms with Gasteiger partial charge in [-0.2, -0.15) is 0 Å². The quantitative estimate of drug-likeness (QED) is 0.283. The third-order valence-electron chi connectivity index (χ3n) is 3.02. The van der Waals surface area contributed by atoms with E-state index in [4.69, 9.17) is 0 Å². The maximum absolute atomic E-state index is 4.65. The Labute approximate surface area is 144 Å². The number of para-hydroxylation sites is 4. The molecule has 0 fully saturated rings. The Bertz CT molecular complexity index is 733. The van der Waals surface area contributed by atoms with E-state index in [1.807, 2.05) is 36.4 Å². The van der Waals surface area contributed by atoms with E-state index in [-0.39, 0.29) is 24.8 Å². The first-order chi connectivity index (χ1) is 9.38. The van der Waals surface area contributed by atoms with E-state index in [9.17, 15) is 0 Å². The number of halogens is 2. The van der Waals surface area contributed by atoms with E-state index in [0.717, 1.165) is 29.2 Å². The summed E-state index contributed by atoms with van der Waals surface area (Å²) in [4.78, 5) is 16.1. The van der Waals surface area contributed by atoms with Crippen LogP contribution in [0.2, 0.25) is 0 Å². The second kappa shape index (κ2) is 6.73. The van der Waals surface area contributed by atoms with Crippen LogP contribution >= 0.6 is 0 Å². The number of H-pyrrole nitrogens is 2. The van der Waals surface area contributed by atoms with E-state index in [2.05, 4.69) is 32.1 Å². The van der Waals surface area contributed by atoms with Crippen LogP contribution in [0.25, 0.3) is 22.1 Å². The normalized spacial score (nSPS) is 9.90. The Morgan fingerprint density at radius 1 is 0.667 bits per heavy atom. The molecule has 21 heavy (non-hydrogen) atoms. The molecule has 0 saturated heterocycles. The first-order valence-electron chi connectivity index (χ1n) is 6.05. The van der Waals surface area contributed by atoms with E-state index in [1.165, 1.54) is 0 Å². The molecule has 0 saturated carbocycles. The summed E-state index contributed by atoms with van der Waals surface area (Å²) >= 11 is -1.23. The van der Waals surface area contributed by atoms with Crippen molar-refractivity contribution in [1.82, 2.24) is 19.9 Å². The van der Waals surface area contributed by atoms with Gasteiger partial charge in [-0.3, -0.25) is 0 Å². The van der Waals surface area contributed by atoms with Crippen molar-refractivity contribution in [3.05, 3.63) is 48.5 Å². The van der Waals surface area contributed by atoms with Gasteiger partial charge in [0.25, 0.3) is 0 Å². The second-order valence-electron chi connectivity index (χ2n) is 4.33. The SMILES string of the molecule is [Cl-].[Cl-].c1ccc2[nH][c]([Hf+2][c]3nc4ccccc4[nH]3)nc2c1. The molecular formula is C14H10Cl2HfN4. The number of nitrogens with one attached hydrogen (secondary N) is 2. The summed E-state index contributed by atoms with van der Waals surface area (Å²) in [5.41, 5.74) is 4.31. The molecule has 2 aromatic carbocycles. The van der Waals surface area contributed by atoms with E-state index < -0.39 is 22.9 Å². The second-order valence-corrected chi connectivity index (χ2v) is 8.63. The van der Waals surface area contributed by atoms with Gasteiger partial charge in [0.15, 0.2) is 0 Å². The van der Waals surface area contributed by atoms with Crippen LogP contribution in [0, 0.1) is 0 Å². The van der Waals surface area contributed by atoms with Gasteiger partial charge in [0.2, 0.25) is 0 Å². The fourth-order valence-electron chi connectivity index (χ4n) is 2.14. The van der Waals surface area contributed by atoms with Crippen LogP contribution in [0.4, 0.5) is 0 Å². The van der Waals surface area contributed by atoms with E-state index in [1.54, 1.807) is 0 Å². The molecule has 7 heteroatoms. The van der Waals surface area contributed by atoms with Crippen molar-refractivity contribution in [2.45, 2.75) is 0 Å². The van der Waals surface area contributed by atoms with Crippen LogP contribution in [0.3, 0.4) is 0 Å². The molecule has 0 unspecified atom stereocenters. The molecule has 0 aliphatic rings. The van der Waals surface area contributed by atoms with Gasteiger partial charge in [-0.15, -0.1) is 0 Å². The van der Waals surface area contributed by atoms with Crippen LogP contribution in [-0.4, -0.2) is 19.9 Å². The van der Waals surface area contributed by atoms with Crippen LogP contribution in [0.15, 0.2) is 48.5 Å². The molecule has 0 spiro atoms. The summed E-state index contributed by atoms with van der Waals surface area (Å²) in [6.07, 6.45) is 0. The molecular weight excluding hydrogens is 474 g/mol. The topological polar surface area (TPSA) is 57.4 Å². The average Bonchev–Trinajstić information content (AvgIpc) is 3.00. The molecule has 0 radical (unpaired) electrons. The fraction of sp³-hybridized carbons (Fsp3) is 0. The number of aromatic nitrogens is 4. The number of aromatic amines is 2.